The van der Waals surface area contributed by atoms with Crippen LogP contribution in [-0.4, -0.2) is 126 Å². The van der Waals surface area contributed by atoms with Crippen molar-refractivity contribution in [2.24, 2.45) is 11.3 Å². The molecular formula is C40H63N5O7. The van der Waals surface area contributed by atoms with Crippen LogP contribution in [-0.2, 0) is 33.4 Å². The SMILES string of the molecule is CCOC(=O)C[C@H](OC(=O)[C@@H]1CCCN1C(=O)[C@@H]1CCCN1C[C@H](C(C)C)N(C)C(=O)[C@@H](NC(=O)[C@H]1CCCCN1C)C(C)(C)C)c1ccccc1. The normalized spacial score (nSPS) is 23.2. The molecule has 0 radical (unpaired) electrons. The molecule has 12 heteroatoms. The quantitative estimate of drug-likeness (QED) is 0.281. The zero-order valence-electron chi connectivity index (χ0n) is 32.8. The lowest BCUT2D eigenvalue weighted by atomic mass is 9.84. The molecule has 1 aromatic carbocycles. The van der Waals surface area contributed by atoms with Gasteiger partial charge >= 0.3 is 11.9 Å². The van der Waals surface area contributed by atoms with Gasteiger partial charge in [-0.25, -0.2) is 4.79 Å². The summed E-state index contributed by atoms with van der Waals surface area (Å²) in [5.74, 6) is -1.25. The fourth-order valence-electron chi connectivity index (χ4n) is 7.96. The van der Waals surface area contributed by atoms with E-state index in [4.69, 9.17) is 9.47 Å². The number of hydrogen-bond donors (Lipinski definition) is 1. The van der Waals surface area contributed by atoms with E-state index >= 15 is 0 Å². The molecule has 4 rings (SSSR count). The number of rotatable bonds is 14. The molecule has 52 heavy (non-hydrogen) atoms. The van der Waals surface area contributed by atoms with E-state index in [1.54, 1.807) is 16.7 Å². The van der Waals surface area contributed by atoms with E-state index in [0.717, 1.165) is 32.2 Å². The molecule has 3 aliphatic heterocycles. The van der Waals surface area contributed by atoms with Crippen LogP contribution in [0.2, 0.25) is 0 Å². The van der Waals surface area contributed by atoms with Crippen LogP contribution in [0.1, 0.15) is 105 Å². The van der Waals surface area contributed by atoms with Gasteiger partial charge in [0.15, 0.2) is 0 Å². The van der Waals surface area contributed by atoms with Crippen LogP contribution in [0.15, 0.2) is 30.3 Å². The number of likely N-dealkylation sites (tertiary alicyclic amines) is 3. The molecule has 0 bridgehead atoms. The Morgan fingerprint density at radius 3 is 2.19 bits per heavy atom. The number of piperidine rings is 1. The Kier molecular flexibility index (Phi) is 14.7. The number of carbonyl (C=O) groups is 5. The maximum Gasteiger partial charge on any atom is 0.329 e. The largest absolute Gasteiger partial charge is 0.466 e. The molecule has 1 aromatic rings. The first-order chi connectivity index (χ1) is 24.6. The minimum Gasteiger partial charge on any atom is -0.466 e. The third-order valence-corrected chi connectivity index (χ3v) is 11.1. The minimum absolute atomic E-state index is 0.0786. The van der Waals surface area contributed by atoms with E-state index in [1.807, 2.05) is 65.2 Å². The van der Waals surface area contributed by atoms with Crippen LogP contribution in [0, 0.1) is 11.3 Å². The van der Waals surface area contributed by atoms with Gasteiger partial charge in [-0.15, -0.1) is 0 Å². The Morgan fingerprint density at radius 1 is 0.904 bits per heavy atom. The minimum atomic E-state index is -0.821. The van der Waals surface area contributed by atoms with E-state index in [2.05, 4.69) is 29.0 Å². The molecule has 3 fully saturated rings. The van der Waals surface area contributed by atoms with Gasteiger partial charge in [0, 0.05) is 26.2 Å². The summed E-state index contributed by atoms with van der Waals surface area (Å²) in [6.07, 6.45) is 4.55. The number of ether oxygens (including phenoxy) is 2. The Balaban J connectivity index is 1.45. The van der Waals surface area contributed by atoms with Crippen LogP contribution in [0.3, 0.4) is 0 Å². The topological polar surface area (TPSA) is 129 Å². The fourth-order valence-corrected chi connectivity index (χ4v) is 7.96. The van der Waals surface area contributed by atoms with Crippen LogP contribution in [0.4, 0.5) is 0 Å². The highest BCUT2D eigenvalue weighted by Gasteiger charge is 2.44. The summed E-state index contributed by atoms with van der Waals surface area (Å²) in [5, 5.41) is 3.13. The van der Waals surface area contributed by atoms with Gasteiger partial charge in [-0.1, -0.05) is 71.4 Å². The van der Waals surface area contributed by atoms with Gasteiger partial charge in [-0.3, -0.25) is 29.0 Å². The highest BCUT2D eigenvalue weighted by molar-refractivity contribution is 5.91. The lowest BCUT2D eigenvalue weighted by Gasteiger charge is -2.41. The number of nitrogens with one attached hydrogen (secondary N) is 1. The van der Waals surface area contributed by atoms with Crippen molar-refractivity contribution in [3.05, 3.63) is 35.9 Å². The summed E-state index contributed by atoms with van der Waals surface area (Å²) in [5.41, 5.74) is 0.173. The monoisotopic (exact) mass is 725 g/mol. The molecule has 12 nitrogen and oxygen atoms in total. The third-order valence-electron chi connectivity index (χ3n) is 11.1. The molecule has 0 saturated carbocycles. The molecule has 3 aliphatic rings. The van der Waals surface area contributed by atoms with Gasteiger partial charge in [0.25, 0.3) is 0 Å². The highest BCUT2D eigenvalue weighted by Crippen LogP contribution is 2.30. The number of nitrogens with zero attached hydrogens (tertiary/aromatic N) is 4. The Hall–Kier alpha value is -3.51. The van der Waals surface area contributed by atoms with Crippen molar-refractivity contribution in [2.45, 2.75) is 129 Å². The van der Waals surface area contributed by atoms with Gasteiger partial charge in [0.2, 0.25) is 17.7 Å². The Labute approximate surface area is 310 Å². The molecule has 1 N–H and O–H groups in total. The zero-order valence-corrected chi connectivity index (χ0v) is 32.8. The van der Waals surface area contributed by atoms with Crippen molar-refractivity contribution in [1.29, 1.82) is 0 Å². The van der Waals surface area contributed by atoms with E-state index < -0.39 is 41.6 Å². The van der Waals surface area contributed by atoms with E-state index in [-0.39, 0.29) is 48.8 Å². The van der Waals surface area contributed by atoms with Crippen molar-refractivity contribution < 1.29 is 33.4 Å². The number of benzene rings is 1. The zero-order chi connectivity index (χ0) is 38.2. The summed E-state index contributed by atoms with van der Waals surface area (Å²) in [6.45, 7) is 14.5. The van der Waals surface area contributed by atoms with E-state index in [0.29, 0.717) is 44.5 Å². The Bertz CT molecular complexity index is 1380. The van der Waals surface area contributed by atoms with Crippen molar-refractivity contribution in [2.75, 3.05) is 46.9 Å². The second-order valence-electron chi connectivity index (χ2n) is 16.2. The number of carbonyl (C=O) groups excluding carboxylic acids is 5. The highest BCUT2D eigenvalue weighted by atomic mass is 16.6. The van der Waals surface area contributed by atoms with Crippen LogP contribution in [0.5, 0.6) is 0 Å². The summed E-state index contributed by atoms with van der Waals surface area (Å²) < 4.78 is 11.1. The molecule has 0 aliphatic carbocycles. The van der Waals surface area contributed by atoms with Crippen molar-refractivity contribution in [3.63, 3.8) is 0 Å². The van der Waals surface area contributed by atoms with Crippen LogP contribution in [0.25, 0.3) is 0 Å². The predicted molar refractivity (Wildman–Crippen MR) is 199 cm³/mol. The molecule has 3 amide bonds. The molecular weight excluding hydrogens is 662 g/mol. The predicted octanol–water partition coefficient (Wildman–Crippen LogP) is 4.18. The lowest BCUT2D eigenvalue weighted by Crippen LogP contribution is -2.61. The number of hydrogen-bond acceptors (Lipinski definition) is 9. The second-order valence-corrected chi connectivity index (χ2v) is 16.2. The van der Waals surface area contributed by atoms with Gasteiger partial charge in [0.1, 0.15) is 18.2 Å². The summed E-state index contributed by atoms with van der Waals surface area (Å²) in [4.78, 5) is 75.8. The molecule has 290 valence electrons. The van der Waals surface area contributed by atoms with E-state index in [1.165, 1.54) is 0 Å². The second kappa shape index (κ2) is 18.5. The smallest absolute Gasteiger partial charge is 0.329 e. The van der Waals surface area contributed by atoms with Gasteiger partial charge in [-0.05, 0) is 82.5 Å². The maximum absolute atomic E-state index is 14.3. The average Bonchev–Trinajstić information content (AvgIpc) is 3.79. The molecule has 0 aromatic heterocycles. The maximum atomic E-state index is 14.3. The first-order valence-corrected chi connectivity index (χ1v) is 19.4. The van der Waals surface area contributed by atoms with Gasteiger partial charge in [0.05, 0.1) is 25.1 Å². The van der Waals surface area contributed by atoms with Crippen LogP contribution < -0.4 is 5.32 Å². The number of likely N-dealkylation sites (N-methyl/N-ethyl adjacent to an activating group) is 2. The molecule has 6 atom stereocenters. The first kappa shape index (κ1) is 41.2. The third kappa shape index (κ3) is 10.3. The number of esters is 2. The molecule has 0 spiro atoms. The summed E-state index contributed by atoms with van der Waals surface area (Å²) in [6, 6.07) is 6.78. The summed E-state index contributed by atoms with van der Waals surface area (Å²) >= 11 is 0. The standard InChI is InChI=1S/C40H63N5O7/c1-9-51-34(46)25-33(28-17-11-10-12-18-28)52-39(50)31-21-16-24-45(31)37(48)30-20-15-23-44(30)26-32(27(2)3)43(8)38(49)35(40(4,5)6)41-36(47)29-19-13-14-22-42(29)7/h10-12,17-18,27,29-33,35H,9,13-16,19-26H2,1-8H3,(H,41,47)/t29-,30+,31+,32-,33+,35-/m1/s1. The molecule has 0 unspecified atom stereocenters. The van der Waals surface area contributed by atoms with Gasteiger partial charge < -0.3 is 24.6 Å². The molecule has 3 heterocycles. The molecule has 3 saturated heterocycles. The van der Waals surface area contributed by atoms with Crippen LogP contribution >= 0.6 is 0 Å². The Morgan fingerprint density at radius 2 is 1.56 bits per heavy atom. The fraction of sp³-hybridized carbons (Fsp3) is 0.725. The van der Waals surface area contributed by atoms with E-state index in [9.17, 15) is 24.0 Å². The van der Waals surface area contributed by atoms with Gasteiger partial charge in [-0.2, -0.15) is 0 Å². The number of amides is 3. The van der Waals surface area contributed by atoms with Crippen molar-refractivity contribution in [3.8, 4) is 0 Å². The lowest BCUT2D eigenvalue weighted by molar-refractivity contribution is -0.162. The average molecular weight is 726 g/mol. The van der Waals surface area contributed by atoms with Crippen molar-refractivity contribution in [1.82, 2.24) is 24.9 Å². The summed E-state index contributed by atoms with van der Waals surface area (Å²) in [7, 11) is 3.77. The van der Waals surface area contributed by atoms with Crippen molar-refractivity contribution >= 4 is 29.7 Å². The first-order valence-electron chi connectivity index (χ1n) is 19.4.